The van der Waals surface area contributed by atoms with Crippen LogP contribution in [0.25, 0.3) is 0 Å². The molecule has 1 aromatic heterocycles. The zero-order valence-corrected chi connectivity index (χ0v) is 19.1. The Bertz CT molecular complexity index is 1070. The maximum absolute atomic E-state index is 6.11. The van der Waals surface area contributed by atoms with Crippen molar-refractivity contribution in [3.05, 3.63) is 60.2 Å². The highest BCUT2D eigenvalue weighted by Crippen LogP contribution is 2.30. The Balaban J connectivity index is 1.41. The lowest BCUT2D eigenvalue weighted by Gasteiger charge is -2.23. The number of aromatic nitrogens is 3. The van der Waals surface area contributed by atoms with Gasteiger partial charge in [0.1, 0.15) is 26.4 Å². The number of hydrogen-bond donors (Lipinski definition) is 0. The van der Waals surface area contributed by atoms with Crippen molar-refractivity contribution in [1.29, 1.82) is 0 Å². The first kappa shape index (κ1) is 22.5. The van der Waals surface area contributed by atoms with Gasteiger partial charge in [-0.3, -0.25) is 0 Å². The molecule has 3 heterocycles. The zero-order chi connectivity index (χ0) is 23.0. The first-order valence-corrected chi connectivity index (χ1v) is 11.7. The van der Waals surface area contributed by atoms with Crippen molar-refractivity contribution in [1.82, 2.24) is 14.8 Å². The number of rotatable bonds is 1. The molecule has 1 atom stereocenters. The second kappa shape index (κ2) is 11.2. The van der Waals surface area contributed by atoms with Gasteiger partial charge in [-0.05, 0) is 43.5 Å². The highest BCUT2D eigenvalue weighted by molar-refractivity contribution is 5.40. The molecule has 2 aliphatic heterocycles. The SMILES string of the molecule is c1ccc2c(c1)OCCOCCOc1ccccc1OCc1nc(nn1C1CCCCO1)CO2. The highest BCUT2D eigenvalue weighted by Gasteiger charge is 2.23. The summed E-state index contributed by atoms with van der Waals surface area (Å²) in [4.78, 5) is 4.71. The molecule has 0 amide bonds. The molecule has 0 radical (unpaired) electrons. The van der Waals surface area contributed by atoms with Crippen molar-refractivity contribution in [3.8, 4) is 23.0 Å². The van der Waals surface area contributed by atoms with E-state index in [4.69, 9.17) is 38.5 Å². The lowest BCUT2D eigenvalue weighted by molar-refractivity contribution is -0.0430. The van der Waals surface area contributed by atoms with E-state index < -0.39 is 0 Å². The second-order valence-corrected chi connectivity index (χ2v) is 7.99. The van der Waals surface area contributed by atoms with Crippen LogP contribution in [0.2, 0.25) is 0 Å². The first-order chi connectivity index (χ1) is 16.9. The summed E-state index contributed by atoms with van der Waals surface area (Å²) in [6.07, 6.45) is 2.85. The molecule has 0 N–H and O–H groups in total. The highest BCUT2D eigenvalue weighted by atomic mass is 16.6. The van der Waals surface area contributed by atoms with Crippen LogP contribution in [0.4, 0.5) is 0 Å². The number of nitrogens with zero attached hydrogens (tertiary/aromatic N) is 3. The van der Waals surface area contributed by atoms with Crippen LogP contribution in [0.15, 0.2) is 48.5 Å². The molecule has 1 unspecified atom stereocenters. The number of benzene rings is 2. The number of ether oxygens (including phenoxy) is 6. The fourth-order valence-corrected chi connectivity index (χ4v) is 3.90. The Hall–Kier alpha value is -3.30. The average Bonchev–Trinajstić information content (AvgIpc) is 3.30. The topological polar surface area (TPSA) is 86.1 Å². The molecule has 180 valence electrons. The van der Waals surface area contributed by atoms with Gasteiger partial charge in [-0.15, -0.1) is 5.10 Å². The van der Waals surface area contributed by atoms with Gasteiger partial charge in [0, 0.05) is 6.61 Å². The van der Waals surface area contributed by atoms with E-state index in [1.807, 2.05) is 53.2 Å². The molecule has 5 rings (SSSR count). The average molecular weight is 468 g/mol. The van der Waals surface area contributed by atoms with Gasteiger partial charge in [-0.25, -0.2) is 9.67 Å². The van der Waals surface area contributed by atoms with Crippen molar-refractivity contribution in [2.24, 2.45) is 0 Å². The minimum absolute atomic E-state index is 0.165. The predicted octanol–water partition coefficient (Wildman–Crippen LogP) is 3.92. The first-order valence-electron chi connectivity index (χ1n) is 11.7. The third-order valence-electron chi connectivity index (χ3n) is 5.56. The van der Waals surface area contributed by atoms with Crippen LogP contribution >= 0.6 is 0 Å². The molecule has 34 heavy (non-hydrogen) atoms. The Kier molecular flexibility index (Phi) is 7.42. The van der Waals surface area contributed by atoms with E-state index in [0.717, 1.165) is 19.3 Å². The summed E-state index contributed by atoms with van der Waals surface area (Å²) in [5.74, 6) is 3.80. The number of hydrogen-bond acceptors (Lipinski definition) is 8. The Morgan fingerprint density at radius 2 is 1.29 bits per heavy atom. The summed E-state index contributed by atoms with van der Waals surface area (Å²) in [5.41, 5.74) is 0. The quantitative estimate of drug-likeness (QED) is 0.532. The maximum atomic E-state index is 6.11. The number of fused-ring (bicyclic) bond motifs is 4. The van der Waals surface area contributed by atoms with E-state index in [2.05, 4.69) is 0 Å². The van der Waals surface area contributed by atoms with Gasteiger partial charge in [-0.2, -0.15) is 0 Å². The minimum Gasteiger partial charge on any atom is -0.487 e. The van der Waals surface area contributed by atoms with Crippen LogP contribution in [0, 0.1) is 0 Å². The summed E-state index contributed by atoms with van der Waals surface area (Å²) in [7, 11) is 0. The molecular formula is C25H29N3O6. The van der Waals surface area contributed by atoms with E-state index in [0.29, 0.717) is 67.7 Å². The molecule has 1 saturated heterocycles. The van der Waals surface area contributed by atoms with Crippen LogP contribution in [0.5, 0.6) is 23.0 Å². The third-order valence-corrected chi connectivity index (χ3v) is 5.56. The third kappa shape index (κ3) is 5.60. The maximum Gasteiger partial charge on any atom is 0.188 e. The molecule has 0 saturated carbocycles. The molecule has 2 aliphatic rings. The van der Waals surface area contributed by atoms with E-state index in [1.54, 1.807) is 0 Å². The van der Waals surface area contributed by atoms with E-state index >= 15 is 0 Å². The molecule has 1 fully saturated rings. The van der Waals surface area contributed by atoms with Crippen LogP contribution in [-0.2, 0) is 22.7 Å². The standard InChI is InChI=1S/C25H29N3O6/c1-3-9-21-19(7-1)30-15-13-29-14-16-31-20-8-2-4-10-22(20)34-18-24-26-23(17-33-21)27-28(24)25-11-5-6-12-32-25/h1-4,7-10,25H,5-6,11-18H2. The van der Waals surface area contributed by atoms with Gasteiger partial charge in [0.05, 0.1) is 13.2 Å². The zero-order valence-electron chi connectivity index (χ0n) is 19.1. The van der Waals surface area contributed by atoms with Crippen molar-refractivity contribution in [3.63, 3.8) is 0 Å². The lowest BCUT2D eigenvalue weighted by atomic mass is 10.2. The second-order valence-electron chi connectivity index (χ2n) is 7.99. The largest absolute Gasteiger partial charge is 0.487 e. The van der Waals surface area contributed by atoms with Crippen LogP contribution in [0.3, 0.4) is 0 Å². The Morgan fingerprint density at radius 3 is 1.91 bits per heavy atom. The van der Waals surface area contributed by atoms with Crippen molar-refractivity contribution < 1.29 is 28.4 Å². The van der Waals surface area contributed by atoms with E-state index in [-0.39, 0.29) is 19.4 Å². The van der Waals surface area contributed by atoms with Crippen molar-refractivity contribution in [2.75, 3.05) is 33.0 Å². The molecule has 9 nitrogen and oxygen atoms in total. The predicted molar refractivity (Wildman–Crippen MR) is 122 cm³/mol. The summed E-state index contributed by atoms with van der Waals surface area (Å²) in [6.45, 7) is 2.80. The normalized spacial score (nSPS) is 19.6. The van der Waals surface area contributed by atoms with Crippen molar-refractivity contribution in [2.45, 2.75) is 38.7 Å². The van der Waals surface area contributed by atoms with Gasteiger partial charge < -0.3 is 28.4 Å². The summed E-state index contributed by atoms with van der Waals surface area (Å²) in [6, 6.07) is 15.1. The summed E-state index contributed by atoms with van der Waals surface area (Å²) >= 11 is 0. The Morgan fingerprint density at radius 1 is 0.676 bits per heavy atom. The molecular weight excluding hydrogens is 438 g/mol. The van der Waals surface area contributed by atoms with Crippen LogP contribution in [-0.4, -0.2) is 47.8 Å². The fraction of sp³-hybridized carbons (Fsp3) is 0.440. The summed E-state index contributed by atoms with van der Waals surface area (Å²) < 4.78 is 37.3. The van der Waals surface area contributed by atoms with Gasteiger partial charge in [-0.1, -0.05) is 24.3 Å². The summed E-state index contributed by atoms with van der Waals surface area (Å²) in [5, 5.41) is 4.71. The van der Waals surface area contributed by atoms with Crippen molar-refractivity contribution >= 4 is 0 Å². The van der Waals surface area contributed by atoms with Crippen LogP contribution < -0.4 is 18.9 Å². The van der Waals surface area contributed by atoms with E-state index in [9.17, 15) is 0 Å². The van der Waals surface area contributed by atoms with Gasteiger partial charge >= 0.3 is 0 Å². The minimum atomic E-state index is -0.165. The van der Waals surface area contributed by atoms with Crippen LogP contribution in [0.1, 0.15) is 37.1 Å². The monoisotopic (exact) mass is 467 g/mol. The molecule has 0 spiro atoms. The fourth-order valence-electron chi connectivity index (χ4n) is 3.90. The smallest absolute Gasteiger partial charge is 0.188 e. The lowest BCUT2D eigenvalue weighted by Crippen LogP contribution is -2.22. The van der Waals surface area contributed by atoms with E-state index in [1.165, 1.54) is 0 Å². The molecule has 9 heteroatoms. The van der Waals surface area contributed by atoms with Gasteiger partial charge in [0.15, 0.2) is 40.9 Å². The Labute approximate surface area is 198 Å². The van der Waals surface area contributed by atoms with Gasteiger partial charge in [0.2, 0.25) is 0 Å². The number of para-hydroxylation sites is 4. The molecule has 2 bridgehead atoms. The molecule has 2 aromatic carbocycles. The molecule has 3 aromatic rings. The molecule has 0 aliphatic carbocycles. The van der Waals surface area contributed by atoms with Gasteiger partial charge in [0.25, 0.3) is 0 Å².